The van der Waals surface area contributed by atoms with Crippen molar-refractivity contribution < 1.29 is 9.53 Å². The van der Waals surface area contributed by atoms with Crippen LogP contribution >= 0.6 is 11.3 Å². The van der Waals surface area contributed by atoms with Gasteiger partial charge in [0, 0.05) is 32.0 Å². The molecule has 2 fully saturated rings. The van der Waals surface area contributed by atoms with E-state index in [0.29, 0.717) is 0 Å². The van der Waals surface area contributed by atoms with E-state index >= 15 is 0 Å². The molecule has 1 atom stereocenters. The number of hydrogen-bond acceptors (Lipinski definition) is 6. The quantitative estimate of drug-likeness (QED) is 0.844. The highest BCUT2D eigenvalue weighted by atomic mass is 32.1. The average molecular weight is 358 g/mol. The van der Waals surface area contributed by atoms with Crippen LogP contribution in [-0.2, 0) is 4.74 Å². The summed E-state index contributed by atoms with van der Waals surface area (Å²) in [6, 6.07) is 4.11. The van der Waals surface area contributed by atoms with Crippen molar-refractivity contribution in [3.63, 3.8) is 0 Å². The van der Waals surface area contributed by atoms with Crippen LogP contribution < -0.4 is 4.90 Å². The largest absolute Gasteiger partial charge is 0.378 e. The van der Waals surface area contributed by atoms with Crippen molar-refractivity contribution in [1.82, 2.24) is 14.9 Å². The van der Waals surface area contributed by atoms with Crippen molar-refractivity contribution in [2.24, 2.45) is 0 Å². The number of carbonyl (C=O) groups is 1. The van der Waals surface area contributed by atoms with E-state index in [4.69, 9.17) is 4.74 Å². The van der Waals surface area contributed by atoms with Gasteiger partial charge in [-0.15, -0.1) is 0 Å². The summed E-state index contributed by atoms with van der Waals surface area (Å²) in [5.74, 6) is 0.0980. The van der Waals surface area contributed by atoms with Crippen LogP contribution in [0.2, 0.25) is 0 Å². The molecule has 0 spiro atoms. The molecule has 2 aliphatic rings. The number of nitrogens with zero attached hydrogens (tertiary/aromatic N) is 4. The number of rotatable bonds is 3. The monoisotopic (exact) mass is 358 g/mol. The number of pyridine rings is 1. The Labute approximate surface area is 151 Å². The van der Waals surface area contributed by atoms with Crippen LogP contribution in [0.1, 0.15) is 39.8 Å². The van der Waals surface area contributed by atoms with E-state index in [-0.39, 0.29) is 11.9 Å². The number of thiazole rings is 1. The molecular formula is C18H22N4O2S. The van der Waals surface area contributed by atoms with Crippen LogP contribution in [0, 0.1) is 6.92 Å². The zero-order valence-electron chi connectivity index (χ0n) is 14.4. The summed E-state index contributed by atoms with van der Waals surface area (Å²) in [6.07, 6.45) is 5.66. The molecule has 6 nitrogen and oxygen atoms in total. The van der Waals surface area contributed by atoms with Crippen molar-refractivity contribution in [3.05, 3.63) is 40.7 Å². The van der Waals surface area contributed by atoms with Crippen molar-refractivity contribution in [2.45, 2.75) is 25.8 Å². The first-order valence-electron chi connectivity index (χ1n) is 8.75. The maximum atomic E-state index is 13.2. The zero-order chi connectivity index (χ0) is 17.2. The third-order valence-corrected chi connectivity index (χ3v) is 6.05. The van der Waals surface area contributed by atoms with Crippen molar-refractivity contribution in [3.8, 4) is 0 Å². The molecule has 25 heavy (non-hydrogen) atoms. The average Bonchev–Trinajstić information content (AvgIpc) is 3.30. The Morgan fingerprint density at radius 1 is 1.32 bits per heavy atom. The lowest BCUT2D eigenvalue weighted by Crippen LogP contribution is -2.36. The fourth-order valence-corrected chi connectivity index (χ4v) is 4.61. The van der Waals surface area contributed by atoms with Gasteiger partial charge in [-0.05, 0) is 31.4 Å². The minimum atomic E-state index is 0.0980. The normalized spacial score (nSPS) is 20.9. The molecular weight excluding hydrogens is 336 g/mol. The predicted octanol–water partition coefficient (Wildman–Crippen LogP) is 2.66. The Morgan fingerprint density at radius 3 is 2.92 bits per heavy atom. The SMILES string of the molecule is Cc1nc(N2CCOCC2)sc1C(=O)N1CCCC1c1cccnc1. The number of carbonyl (C=O) groups excluding carboxylic acids is 1. The van der Waals surface area contributed by atoms with E-state index in [1.54, 1.807) is 6.20 Å². The van der Waals surface area contributed by atoms with E-state index < -0.39 is 0 Å². The van der Waals surface area contributed by atoms with E-state index in [1.165, 1.54) is 11.3 Å². The van der Waals surface area contributed by atoms with Gasteiger partial charge in [0.15, 0.2) is 5.13 Å². The fraction of sp³-hybridized carbons (Fsp3) is 0.500. The molecule has 132 valence electrons. The van der Waals surface area contributed by atoms with Gasteiger partial charge in [-0.1, -0.05) is 17.4 Å². The molecule has 0 saturated carbocycles. The molecule has 4 rings (SSSR count). The highest BCUT2D eigenvalue weighted by Gasteiger charge is 2.33. The summed E-state index contributed by atoms with van der Waals surface area (Å²) in [6.45, 7) is 5.84. The molecule has 0 bridgehead atoms. The molecule has 7 heteroatoms. The first-order chi connectivity index (χ1) is 12.2. The van der Waals surface area contributed by atoms with E-state index in [2.05, 4.69) is 20.9 Å². The Kier molecular flexibility index (Phi) is 4.67. The molecule has 1 amide bonds. The Balaban J connectivity index is 1.57. The Bertz CT molecular complexity index is 743. The lowest BCUT2D eigenvalue weighted by molar-refractivity contribution is 0.0739. The first-order valence-corrected chi connectivity index (χ1v) is 9.56. The standard InChI is InChI=1S/C18H22N4O2S/c1-13-16(25-18(20-13)21-8-10-24-11-9-21)17(23)22-7-3-5-15(22)14-4-2-6-19-12-14/h2,4,6,12,15H,3,5,7-11H2,1H3. The summed E-state index contributed by atoms with van der Waals surface area (Å²) in [4.78, 5) is 27.0. The minimum absolute atomic E-state index is 0.0980. The molecule has 2 aromatic heterocycles. The first kappa shape index (κ1) is 16.5. The third kappa shape index (κ3) is 3.26. The van der Waals surface area contributed by atoms with Gasteiger partial charge >= 0.3 is 0 Å². The topological polar surface area (TPSA) is 58.6 Å². The molecule has 0 N–H and O–H groups in total. The van der Waals surface area contributed by atoms with Crippen molar-refractivity contribution >= 4 is 22.4 Å². The summed E-state index contributed by atoms with van der Waals surface area (Å²) in [5.41, 5.74) is 1.94. The number of anilines is 1. The second-order valence-corrected chi connectivity index (χ2v) is 7.43. The number of amides is 1. The molecule has 0 aliphatic carbocycles. The number of ether oxygens (including phenoxy) is 1. The summed E-state index contributed by atoms with van der Waals surface area (Å²) in [7, 11) is 0. The Morgan fingerprint density at radius 2 is 2.16 bits per heavy atom. The lowest BCUT2D eigenvalue weighted by atomic mass is 10.1. The van der Waals surface area contributed by atoms with E-state index in [9.17, 15) is 4.79 Å². The van der Waals surface area contributed by atoms with Gasteiger partial charge in [-0.3, -0.25) is 9.78 Å². The van der Waals surface area contributed by atoms with Crippen LogP contribution in [0.3, 0.4) is 0 Å². The number of morpholine rings is 1. The van der Waals surface area contributed by atoms with E-state index in [0.717, 1.165) is 67.0 Å². The number of hydrogen-bond donors (Lipinski definition) is 0. The van der Waals surface area contributed by atoms with E-state index in [1.807, 2.05) is 24.1 Å². The van der Waals surface area contributed by atoms with Gasteiger partial charge in [0.05, 0.1) is 24.9 Å². The molecule has 1 unspecified atom stereocenters. The van der Waals surface area contributed by atoms with Gasteiger partial charge in [-0.2, -0.15) is 0 Å². The Hall–Kier alpha value is -1.99. The van der Waals surface area contributed by atoms with Gasteiger partial charge in [0.25, 0.3) is 5.91 Å². The zero-order valence-corrected chi connectivity index (χ0v) is 15.2. The van der Waals surface area contributed by atoms with Gasteiger partial charge < -0.3 is 14.5 Å². The predicted molar refractivity (Wildman–Crippen MR) is 97.1 cm³/mol. The molecule has 2 aliphatic heterocycles. The lowest BCUT2D eigenvalue weighted by Gasteiger charge is -2.26. The summed E-state index contributed by atoms with van der Waals surface area (Å²) in [5, 5.41) is 0.932. The highest BCUT2D eigenvalue weighted by molar-refractivity contribution is 7.17. The highest BCUT2D eigenvalue weighted by Crippen LogP contribution is 2.35. The van der Waals surface area contributed by atoms with Crippen LogP contribution in [0.25, 0.3) is 0 Å². The van der Waals surface area contributed by atoms with Crippen LogP contribution in [0.15, 0.2) is 24.5 Å². The molecule has 4 heterocycles. The van der Waals surface area contributed by atoms with Gasteiger partial charge in [0.2, 0.25) is 0 Å². The van der Waals surface area contributed by atoms with Gasteiger partial charge in [0.1, 0.15) is 4.88 Å². The third-order valence-electron chi connectivity index (χ3n) is 4.84. The second-order valence-electron chi connectivity index (χ2n) is 6.45. The summed E-state index contributed by atoms with van der Waals surface area (Å²) >= 11 is 1.51. The van der Waals surface area contributed by atoms with Gasteiger partial charge in [-0.25, -0.2) is 4.98 Å². The number of aryl methyl sites for hydroxylation is 1. The second kappa shape index (κ2) is 7.09. The number of aromatic nitrogens is 2. The summed E-state index contributed by atoms with van der Waals surface area (Å²) < 4.78 is 5.40. The molecule has 0 radical (unpaired) electrons. The van der Waals surface area contributed by atoms with Crippen molar-refractivity contribution in [1.29, 1.82) is 0 Å². The molecule has 0 aromatic carbocycles. The number of likely N-dealkylation sites (tertiary alicyclic amines) is 1. The maximum Gasteiger partial charge on any atom is 0.266 e. The van der Waals surface area contributed by atoms with Crippen LogP contribution in [-0.4, -0.2) is 53.6 Å². The van der Waals surface area contributed by atoms with Crippen molar-refractivity contribution in [2.75, 3.05) is 37.7 Å². The maximum absolute atomic E-state index is 13.2. The van der Waals surface area contributed by atoms with Crippen LogP contribution in [0.4, 0.5) is 5.13 Å². The smallest absolute Gasteiger partial charge is 0.266 e. The minimum Gasteiger partial charge on any atom is -0.378 e. The molecule has 2 saturated heterocycles. The fourth-order valence-electron chi connectivity index (χ4n) is 3.53. The van der Waals surface area contributed by atoms with Crippen LogP contribution in [0.5, 0.6) is 0 Å². The molecule has 2 aromatic rings.